The molecule has 7 heteroatoms. The van der Waals surface area contributed by atoms with Gasteiger partial charge in [-0.05, 0) is 55.4 Å². The van der Waals surface area contributed by atoms with Gasteiger partial charge in [-0.25, -0.2) is 13.1 Å². The fraction of sp³-hybridized carbons (Fsp3) is 0.450. The van der Waals surface area contributed by atoms with Crippen LogP contribution in [-0.2, 0) is 27.7 Å². The number of hydrogen-bond acceptors (Lipinski definition) is 4. The van der Waals surface area contributed by atoms with Crippen LogP contribution >= 0.6 is 11.3 Å². The van der Waals surface area contributed by atoms with Crippen molar-refractivity contribution < 1.29 is 13.2 Å². The summed E-state index contributed by atoms with van der Waals surface area (Å²) in [6, 6.07) is 11.2. The Kier molecular flexibility index (Phi) is 5.34. The molecule has 144 valence electrons. The monoisotopic (exact) mass is 404 g/mol. The highest BCUT2D eigenvalue weighted by molar-refractivity contribution is 7.91. The van der Waals surface area contributed by atoms with Gasteiger partial charge >= 0.3 is 0 Å². The van der Waals surface area contributed by atoms with E-state index in [0.717, 1.165) is 55.6 Å². The third kappa shape index (κ3) is 4.10. The molecule has 0 radical (unpaired) electrons. The summed E-state index contributed by atoms with van der Waals surface area (Å²) in [6.07, 6.45) is 5.18. The lowest BCUT2D eigenvalue weighted by atomic mass is 9.88. The van der Waals surface area contributed by atoms with Gasteiger partial charge in [0.25, 0.3) is 10.0 Å². The lowest BCUT2D eigenvalue weighted by Gasteiger charge is -2.25. The molecule has 2 heterocycles. The molecule has 1 atom stereocenters. The molecule has 1 aliphatic carbocycles. The van der Waals surface area contributed by atoms with Gasteiger partial charge in [0.2, 0.25) is 5.91 Å². The van der Waals surface area contributed by atoms with Crippen molar-refractivity contribution in [2.24, 2.45) is 0 Å². The van der Waals surface area contributed by atoms with E-state index in [2.05, 4.69) is 10.8 Å². The second-order valence-corrected chi connectivity index (χ2v) is 10.4. The van der Waals surface area contributed by atoms with E-state index in [1.54, 1.807) is 12.1 Å². The minimum atomic E-state index is -3.59. The van der Waals surface area contributed by atoms with Crippen LogP contribution in [-0.4, -0.2) is 32.3 Å². The Hall–Kier alpha value is -1.70. The summed E-state index contributed by atoms with van der Waals surface area (Å²) >= 11 is 1.20. The number of nitrogens with zero attached hydrogens (tertiary/aromatic N) is 1. The van der Waals surface area contributed by atoms with E-state index in [0.29, 0.717) is 0 Å². The Morgan fingerprint density at radius 3 is 2.70 bits per heavy atom. The maximum Gasteiger partial charge on any atom is 0.250 e. The Bertz CT molecular complexity index is 930. The molecule has 1 N–H and O–H groups in total. The molecule has 0 spiro atoms. The van der Waals surface area contributed by atoms with Crippen LogP contribution in [0.3, 0.4) is 0 Å². The Morgan fingerprint density at radius 2 is 1.89 bits per heavy atom. The highest BCUT2D eigenvalue weighted by atomic mass is 32.2. The van der Waals surface area contributed by atoms with Crippen molar-refractivity contribution in [2.45, 2.75) is 48.8 Å². The minimum Gasteiger partial charge on any atom is -0.342 e. The van der Waals surface area contributed by atoms with Gasteiger partial charge in [-0.1, -0.05) is 24.3 Å². The van der Waals surface area contributed by atoms with Crippen LogP contribution in [0, 0.1) is 0 Å². The Labute approximate surface area is 164 Å². The summed E-state index contributed by atoms with van der Waals surface area (Å²) in [6.45, 7) is 1.63. The first-order valence-electron chi connectivity index (χ1n) is 9.49. The van der Waals surface area contributed by atoms with Crippen LogP contribution in [0.4, 0.5) is 0 Å². The van der Waals surface area contributed by atoms with E-state index in [9.17, 15) is 13.2 Å². The Balaban J connectivity index is 1.47. The van der Waals surface area contributed by atoms with Gasteiger partial charge < -0.3 is 4.90 Å². The standard InChI is InChI=1S/C20H24N2O3S2/c23-19(22-12-3-4-13-22)14-16-10-11-20(26-16)27(24,25)21-18-9-5-7-15-6-1-2-8-17(15)18/h1-2,6,8,10-11,18,21H,3-5,7,9,12-14H2/t18-/m1/s1. The lowest BCUT2D eigenvalue weighted by Crippen LogP contribution is -2.30. The van der Waals surface area contributed by atoms with Crippen molar-refractivity contribution >= 4 is 27.3 Å². The van der Waals surface area contributed by atoms with E-state index in [1.807, 2.05) is 23.1 Å². The number of carbonyl (C=O) groups excluding carboxylic acids is 1. The molecule has 1 aromatic heterocycles. The summed E-state index contributed by atoms with van der Waals surface area (Å²) in [5.41, 5.74) is 2.30. The number of benzene rings is 1. The quantitative estimate of drug-likeness (QED) is 0.832. The van der Waals surface area contributed by atoms with Crippen LogP contribution in [0.5, 0.6) is 0 Å². The number of carbonyl (C=O) groups is 1. The number of sulfonamides is 1. The van der Waals surface area contributed by atoms with Crippen molar-refractivity contribution in [1.29, 1.82) is 0 Å². The van der Waals surface area contributed by atoms with Crippen LogP contribution in [0.25, 0.3) is 0 Å². The average Bonchev–Trinajstić information content (AvgIpc) is 3.34. The maximum absolute atomic E-state index is 12.9. The molecule has 2 aliphatic rings. The van der Waals surface area contributed by atoms with Gasteiger partial charge in [0.15, 0.2) is 0 Å². The molecular formula is C20H24N2O3S2. The fourth-order valence-corrected chi connectivity index (χ4v) is 6.56. The second-order valence-electron chi connectivity index (χ2n) is 7.25. The van der Waals surface area contributed by atoms with Gasteiger partial charge in [0.1, 0.15) is 4.21 Å². The van der Waals surface area contributed by atoms with Crippen LogP contribution < -0.4 is 4.72 Å². The fourth-order valence-electron chi connectivity index (χ4n) is 3.95. The van der Waals surface area contributed by atoms with Gasteiger partial charge in [-0.3, -0.25) is 4.79 Å². The van der Waals surface area contributed by atoms with Crippen molar-refractivity contribution in [1.82, 2.24) is 9.62 Å². The summed E-state index contributed by atoms with van der Waals surface area (Å²) in [5, 5.41) is 0. The summed E-state index contributed by atoms with van der Waals surface area (Å²) < 4.78 is 28.9. The molecule has 1 saturated heterocycles. The topological polar surface area (TPSA) is 66.5 Å². The number of hydrogen-bond donors (Lipinski definition) is 1. The number of likely N-dealkylation sites (tertiary alicyclic amines) is 1. The van der Waals surface area contributed by atoms with E-state index in [4.69, 9.17) is 0 Å². The molecule has 0 saturated carbocycles. The van der Waals surface area contributed by atoms with Gasteiger partial charge in [0.05, 0.1) is 6.42 Å². The van der Waals surface area contributed by atoms with Gasteiger partial charge in [-0.2, -0.15) is 0 Å². The number of rotatable bonds is 5. The van der Waals surface area contributed by atoms with Crippen LogP contribution in [0.15, 0.2) is 40.6 Å². The number of aryl methyl sites for hydroxylation is 1. The lowest BCUT2D eigenvalue weighted by molar-refractivity contribution is -0.129. The van der Waals surface area contributed by atoms with Crippen molar-refractivity contribution in [3.63, 3.8) is 0 Å². The molecule has 1 amide bonds. The molecule has 0 unspecified atom stereocenters. The van der Waals surface area contributed by atoms with E-state index in [-0.39, 0.29) is 22.6 Å². The number of fused-ring (bicyclic) bond motifs is 1. The summed E-state index contributed by atoms with van der Waals surface area (Å²) in [7, 11) is -3.59. The highest BCUT2D eigenvalue weighted by Crippen LogP contribution is 2.32. The van der Waals surface area contributed by atoms with Crippen molar-refractivity contribution in [2.75, 3.05) is 13.1 Å². The Morgan fingerprint density at radius 1 is 1.11 bits per heavy atom. The van der Waals surface area contributed by atoms with Gasteiger partial charge in [0, 0.05) is 24.0 Å². The zero-order chi connectivity index (χ0) is 18.9. The summed E-state index contributed by atoms with van der Waals surface area (Å²) in [5.74, 6) is 0.0902. The number of nitrogens with one attached hydrogen (secondary N) is 1. The molecular weight excluding hydrogens is 380 g/mol. The SMILES string of the molecule is O=C(Cc1ccc(S(=O)(=O)N[C@@H]2CCCc3ccccc32)s1)N1CCCC1. The smallest absolute Gasteiger partial charge is 0.250 e. The predicted molar refractivity (Wildman–Crippen MR) is 106 cm³/mol. The molecule has 4 rings (SSSR count). The molecule has 1 aromatic carbocycles. The predicted octanol–water partition coefficient (Wildman–Crippen LogP) is 3.27. The molecule has 5 nitrogen and oxygen atoms in total. The first-order valence-corrected chi connectivity index (χ1v) is 11.8. The first kappa shape index (κ1) is 18.7. The van der Waals surface area contributed by atoms with Crippen LogP contribution in [0.2, 0.25) is 0 Å². The number of amides is 1. The molecule has 0 bridgehead atoms. The third-order valence-corrected chi connectivity index (χ3v) is 8.40. The largest absolute Gasteiger partial charge is 0.342 e. The third-order valence-electron chi connectivity index (χ3n) is 5.35. The summed E-state index contributed by atoms with van der Waals surface area (Å²) in [4.78, 5) is 15.0. The normalized spacial score (nSPS) is 19.9. The van der Waals surface area contributed by atoms with Crippen molar-refractivity contribution in [3.05, 3.63) is 52.4 Å². The second kappa shape index (κ2) is 7.73. The highest BCUT2D eigenvalue weighted by Gasteiger charge is 2.27. The van der Waals surface area contributed by atoms with Crippen molar-refractivity contribution in [3.8, 4) is 0 Å². The molecule has 1 fully saturated rings. The van der Waals surface area contributed by atoms with E-state index < -0.39 is 10.0 Å². The zero-order valence-electron chi connectivity index (χ0n) is 15.2. The average molecular weight is 405 g/mol. The number of thiophene rings is 1. The maximum atomic E-state index is 12.9. The van der Waals surface area contributed by atoms with E-state index >= 15 is 0 Å². The molecule has 1 aliphatic heterocycles. The molecule has 2 aromatic rings. The van der Waals surface area contributed by atoms with Crippen LogP contribution in [0.1, 0.15) is 47.7 Å². The minimum absolute atomic E-state index is 0.0902. The molecule has 27 heavy (non-hydrogen) atoms. The van der Waals surface area contributed by atoms with Gasteiger partial charge in [-0.15, -0.1) is 11.3 Å². The zero-order valence-corrected chi connectivity index (χ0v) is 16.8. The van der Waals surface area contributed by atoms with E-state index in [1.165, 1.54) is 16.9 Å². The first-order chi connectivity index (χ1) is 13.0.